The quantitative estimate of drug-likeness (QED) is 0.570. The van der Waals surface area contributed by atoms with E-state index in [1.807, 2.05) is 32.9 Å². The zero-order valence-corrected chi connectivity index (χ0v) is 17.3. The summed E-state index contributed by atoms with van der Waals surface area (Å²) in [6.45, 7) is 6.79. The summed E-state index contributed by atoms with van der Waals surface area (Å²) in [5.74, 6) is 0.399. The lowest BCUT2D eigenvalue weighted by Crippen LogP contribution is -2.30. The Balaban J connectivity index is 1.91. The minimum atomic E-state index is -0.402. The van der Waals surface area contributed by atoms with E-state index in [4.69, 9.17) is 4.74 Å². The van der Waals surface area contributed by atoms with Crippen molar-refractivity contribution < 1.29 is 19.7 Å². The summed E-state index contributed by atoms with van der Waals surface area (Å²) >= 11 is 0. The Morgan fingerprint density at radius 1 is 1.13 bits per heavy atom. The normalized spacial score (nSPS) is 15.5. The highest BCUT2D eigenvalue weighted by Gasteiger charge is 2.42. The first-order chi connectivity index (χ1) is 14.5. The van der Waals surface area contributed by atoms with Crippen LogP contribution < -0.4 is 4.74 Å². The van der Waals surface area contributed by atoms with Crippen LogP contribution in [0.3, 0.4) is 0 Å². The van der Waals surface area contributed by atoms with E-state index in [2.05, 4.69) is 10.2 Å². The van der Waals surface area contributed by atoms with Gasteiger partial charge in [0.1, 0.15) is 17.1 Å². The number of nitrogens with zero attached hydrogens (tertiary/aromatic N) is 2. The van der Waals surface area contributed by atoms with Crippen LogP contribution in [0.5, 0.6) is 17.2 Å². The van der Waals surface area contributed by atoms with E-state index in [0.717, 1.165) is 23.1 Å². The molecule has 0 saturated heterocycles. The van der Waals surface area contributed by atoms with Gasteiger partial charge in [-0.2, -0.15) is 5.10 Å². The third kappa shape index (κ3) is 3.16. The van der Waals surface area contributed by atoms with Crippen LogP contribution in [0.4, 0.5) is 0 Å². The Bertz CT molecular complexity index is 1110. The molecule has 0 saturated carbocycles. The van der Waals surface area contributed by atoms with Crippen molar-refractivity contribution in [3.05, 3.63) is 58.8 Å². The molecule has 7 nitrogen and oxygen atoms in total. The molecule has 0 bridgehead atoms. The number of phenolic OH excluding ortho intramolecular Hbond substituents is 2. The second kappa shape index (κ2) is 7.74. The molecule has 3 N–H and O–H groups in total. The Morgan fingerprint density at radius 2 is 1.90 bits per heavy atom. The second-order valence-electron chi connectivity index (χ2n) is 7.44. The number of phenols is 2. The molecule has 0 radical (unpaired) electrons. The number of amides is 1. The smallest absolute Gasteiger partial charge is 0.273 e. The van der Waals surface area contributed by atoms with Gasteiger partial charge in [0.2, 0.25) is 0 Å². The molecular formula is C23H25N3O4. The van der Waals surface area contributed by atoms with Gasteiger partial charge in [-0.1, -0.05) is 24.6 Å². The molecule has 4 rings (SSSR count). The summed E-state index contributed by atoms with van der Waals surface area (Å²) in [6.07, 6.45) is 0.793. The summed E-state index contributed by atoms with van der Waals surface area (Å²) in [7, 11) is 0. The van der Waals surface area contributed by atoms with Crippen molar-refractivity contribution in [2.45, 2.75) is 33.2 Å². The van der Waals surface area contributed by atoms with E-state index in [1.165, 1.54) is 0 Å². The van der Waals surface area contributed by atoms with Crippen molar-refractivity contribution in [3.63, 3.8) is 0 Å². The molecule has 2 heterocycles. The Hall–Kier alpha value is -3.48. The molecule has 0 unspecified atom stereocenters. The van der Waals surface area contributed by atoms with Crippen LogP contribution in [0.25, 0.3) is 11.3 Å². The molecule has 30 heavy (non-hydrogen) atoms. The molecule has 156 valence electrons. The number of aromatic amines is 1. The van der Waals surface area contributed by atoms with Crippen LogP contribution in [0, 0.1) is 6.92 Å². The van der Waals surface area contributed by atoms with E-state index in [9.17, 15) is 15.0 Å². The van der Waals surface area contributed by atoms with Gasteiger partial charge >= 0.3 is 0 Å². The molecular weight excluding hydrogens is 382 g/mol. The zero-order chi connectivity index (χ0) is 21.4. The summed E-state index contributed by atoms with van der Waals surface area (Å²) in [5.41, 5.74) is 4.07. The minimum Gasteiger partial charge on any atom is -0.507 e. The zero-order valence-electron chi connectivity index (χ0n) is 17.3. The molecule has 0 aliphatic carbocycles. The number of H-pyrrole nitrogens is 1. The number of aromatic nitrogens is 2. The maximum Gasteiger partial charge on any atom is 0.273 e. The molecule has 7 heteroatoms. The standard InChI is InChI=1S/C23H25N3O4/c1-4-10-26-22(14-7-9-17(28)18(12-14)30-5-2)19-20(24-25-21(19)23(26)29)15-11-13(3)6-8-16(15)27/h6-9,11-12,22,27-28H,4-5,10H2,1-3H3,(H,24,25)/t22-/m0/s1. The van der Waals surface area contributed by atoms with Gasteiger partial charge in [0.05, 0.1) is 12.6 Å². The van der Waals surface area contributed by atoms with Gasteiger partial charge in [-0.3, -0.25) is 9.89 Å². The predicted molar refractivity (Wildman–Crippen MR) is 113 cm³/mol. The molecule has 1 aromatic heterocycles. The maximum absolute atomic E-state index is 13.2. The monoisotopic (exact) mass is 407 g/mol. The number of ether oxygens (including phenoxy) is 1. The van der Waals surface area contributed by atoms with Crippen molar-refractivity contribution in [1.29, 1.82) is 0 Å². The topological polar surface area (TPSA) is 98.7 Å². The van der Waals surface area contributed by atoms with Gasteiger partial charge in [0.25, 0.3) is 5.91 Å². The highest BCUT2D eigenvalue weighted by molar-refractivity contribution is 6.00. The van der Waals surface area contributed by atoms with Crippen molar-refractivity contribution in [3.8, 4) is 28.5 Å². The number of carbonyl (C=O) groups excluding carboxylic acids is 1. The molecule has 1 amide bonds. The number of rotatable bonds is 6. The van der Waals surface area contributed by atoms with E-state index in [1.54, 1.807) is 29.2 Å². The summed E-state index contributed by atoms with van der Waals surface area (Å²) < 4.78 is 5.56. The lowest BCUT2D eigenvalue weighted by Gasteiger charge is -2.26. The van der Waals surface area contributed by atoms with Crippen LogP contribution in [-0.4, -0.2) is 44.4 Å². The van der Waals surface area contributed by atoms with Crippen LogP contribution in [0.15, 0.2) is 36.4 Å². The fourth-order valence-corrected chi connectivity index (χ4v) is 4.03. The van der Waals surface area contributed by atoms with Gasteiger partial charge < -0.3 is 19.8 Å². The first-order valence-electron chi connectivity index (χ1n) is 10.1. The average Bonchev–Trinajstić information content (AvgIpc) is 3.26. The van der Waals surface area contributed by atoms with Crippen molar-refractivity contribution >= 4 is 5.91 Å². The maximum atomic E-state index is 13.2. The molecule has 1 aliphatic rings. The predicted octanol–water partition coefficient (Wildman–Crippen LogP) is 4.15. The molecule has 1 atom stereocenters. The summed E-state index contributed by atoms with van der Waals surface area (Å²) in [5, 5.41) is 27.9. The van der Waals surface area contributed by atoms with Crippen LogP contribution >= 0.6 is 0 Å². The number of carbonyl (C=O) groups is 1. The largest absolute Gasteiger partial charge is 0.507 e. The Morgan fingerprint density at radius 3 is 2.63 bits per heavy atom. The van der Waals surface area contributed by atoms with Gasteiger partial charge in [-0.15, -0.1) is 0 Å². The van der Waals surface area contributed by atoms with Gasteiger partial charge in [-0.05, 0) is 50.1 Å². The molecule has 3 aromatic rings. The van der Waals surface area contributed by atoms with E-state index >= 15 is 0 Å². The van der Waals surface area contributed by atoms with Gasteiger partial charge in [0.15, 0.2) is 11.5 Å². The highest BCUT2D eigenvalue weighted by atomic mass is 16.5. The number of nitrogens with one attached hydrogen (secondary N) is 1. The fourth-order valence-electron chi connectivity index (χ4n) is 4.03. The molecule has 0 fully saturated rings. The van der Waals surface area contributed by atoms with Crippen molar-refractivity contribution in [1.82, 2.24) is 15.1 Å². The van der Waals surface area contributed by atoms with Crippen LogP contribution in [0.1, 0.15) is 53.5 Å². The first-order valence-corrected chi connectivity index (χ1v) is 10.1. The lowest BCUT2D eigenvalue weighted by molar-refractivity contribution is 0.0743. The van der Waals surface area contributed by atoms with Crippen LogP contribution in [0.2, 0.25) is 0 Å². The van der Waals surface area contributed by atoms with Crippen molar-refractivity contribution in [2.75, 3.05) is 13.2 Å². The van der Waals surface area contributed by atoms with Gasteiger partial charge in [-0.25, -0.2) is 0 Å². The first kappa shape index (κ1) is 19.8. The average molecular weight is 407 g/mol. The number of aryl methyl sites for hydroxylation is 1. The fraction of sp³-hybridized carbons (Fsp3) is 0.304. The minimum absolute atomic E-state index is 0.0518. The lowest BCUT2D eigenvalue weighted by atomic mass is 9.94. The Kier molecular flexibility index (Phi) is 5.11. The van der Waals surface area contributed by atoms with Crippen molar-refractivity contribution in [2.24, 2.45) is 0 Å². The van der Waals surface area contributed by atoms with E-state index < -0.39 is 6.04 Å². The highest BCUT2D eigenvalue weighted by Crippen LogP contribution is 2.45. The molecule has 2 aromatic carbocycles. The number of fused-ring (bicyclic) bond motifs is 1. The van der Waals surface area contributed by atoms with Gasteiger partial charge in [0, 0.05) is 17.7 Å². The third-order valence-electron chi connectivity index (χ3n) is 5.33. The molecule has 0 spiro atoms. The number of hydrogen-bond acceptors (Lipinski definition) is 5. The SMILES string of the molecule is CCCN1C(=O)c2[nH]nc(-c3cc(C)ccc3O)c2[C@@H]1c1ccc(O)c(OCC)c1. The molecule has 1 aliphatic heterocycles. The second-order valence-corrected chi connectivity index (χ2v) is 7.44. The van der Waals surface area contributed by atoms with E-state index in [0.29, 0.717) is 35.9 Å². The third-order valence-corrected chi connectivity index (χ3v) is 5.33. The van der Waals surface area contributed by atoms with E-state index in [-0.39, 0.29) is 17.4 Å². The van der Waals surface area contributed by atoms with Crippen LogP contribution in [-0.2, 0) is 0 Å². The number of aromatic hydroxyl groups is 2. The summed E-state index contributed by atoms with van der Waals surface area (Å²) in [4.78, 5) is 14.9. The number of benzene rings is 2. The Labute approximate surface area is 174 Å². The summed E-state index contributed by atoms with van der Waals surface area (Å²) in [6, 6.07) is 10.1. The number of hydrogen-bond donors (Lipinski definition) is 3.